The van der Waals surface area contributed by atoms with Gasteiger partial charge >= 0.3 is 0 Å². The van der Waals surface area contributed by atoms with E-state index in [0.717, 1.165) is 5.56 Å². The Kier molecular flexibility index (Phi) is 7.22. The number of rotatable bonds is 7. The molecular formula is C20H28N4O5S. The average molecular weight is 437 g/mol. The molecule has 1 fully saturated rings. The van der Waals surface area contributed by atoms with Crippen molar-refractivity contribution in [2.45, 2.75) is 45.4 Å². The molecule has 2 atom stereocenters. The fraction of sp³-hybridized carbons (Fsp3) is 0.550. The van der Waals surface area contributed by atoms with Gasteiger partial charge in [0, 0.05) is 32.5 Å². The smallest absolute Gasteiger partial charge is 0.267 e. The Hall–Kier alpha value is -2.30. The van der Waals surface area contributed by atoms with Crippen LogP contribution in [0.5, 0.6) is 0 Å². The summed E-state index contributed by atoms with van der Waals surface area (Å²) in [5.74, 6) is -0.786. The van der Waals surface area contributed by atoms with E-state index >= 15 is 0 Å². The predicted octanol–water partition coefficient (Wildman–Crippen LogP) is 0.720. The number of morpholine rings is 1. The zero-order valence-corrected chi connectivity index (χ0v) is 18.1. The summed E-state index contributed by atoms with van der Waals surface area (Å²) in [5.41, 5.74) is 1.15. The molecule has 0 unspecified atom stereocenters. The first-order valence-corrected chi connectivity index (χ1v) is 11.7. The van der Waals surface area contributed by atoms with E-state index in [1.54, 1.807) is 0 Å². The minimum atomic E-state index is -3.50. The van der Waals surface area contributed by atoms with Crippen molar-refractivity contribution < 1.29 is 22.7 Å². The highest BCUT2D eigenvalue weighted by atomic mass is 32.2. The van der Waals surface area contributed by atoms with Crippen molar-refractivity contribution in [2.75, 3.05) is 25.4 Å². The van der Waals surface area contributed by atoms with Gasteiger partial charge in [0.2, 0.25) is 15.9 Å². The molecule has 2 amide bonds. The summed E-state index contributed by atoms with van der Waals surface area (Å²) in [7, 11) is -3.50. The summed E-state index contributed by atoms with van der Waals surface area (Å²) in [6.45, 7) is 4.56. The van der Waals surface area contributed by atoms with Crippen LogP contribution in [0.15, 0.2) is 35.4 Å². The summed E-state index contributed by atoms with van der Waals surface area (Å²) in [6, 6.07) is 9.40. The number of carbonyl (C=O) groups excluding carboxylic acids is 2. The Balaban J connectivity index is 1.55. The molecule has 2 aliphatic heterocycles. The molecule has 0 bridgehead atoms. The lowest BCUT2D eigenvalue weighted by molar-refractivity contribution is -0.132. The van der Waals surface area contributed by atoms with Crippen LogP contribution in [0.3, 0.4) is 0 Å². The van der Waals surface area contributed by atoms with E-state index in [4.69, 9.17) is 4.74 Å². The van der Waals surface area contributed by atoms with Crippen LogP contribution < -0.4 is 5.32 Å². The first-order valence-electron chi connectivity index (χ1n) is 10.1. The van der Waals surface area contributed by atoms with Crippen LogP contribution in [-0.2, 0) is 30.9 Å². The summed E-state index contributed by atoms with van der Waals surface area (Å²) < 4.78 is 32.1. The number of carbonyl (C=O) groups is 2. The Morgan fingerprint density at radius 3 is 2.50 bits per heavy atom. The second kappa shape index (κ2) is 9.67. The molecule has 9 nitrogen and oxygen atoms in total. The van der Waals surface area contributed by atoms with Crippen LogP contribution in [0, 0.1) is 0 Å². The van der Waals surface area contributed by atoms with Crippen molar-refractivity contribution in [1.82, 2.24) is 14.6 Å². The third kappa shape index (κ3) is 5.87. The number of hydrogen-bond acceptors (Lipinski definition) is 6. The number of ether oxygens (including phenoxy) is 1. The SMILES string of the molecule is C[C@@H]1CN(S(=O)(=O)CCNC(=O)C2=NN(Cc3ccccc3)C(=O)CC2)C[C@@H](C)O1. The van der Waals surface area contributed by atoms with Crippen LogP contribution in [0.2, 0.25) is 0 Å². The minimum absolute atomic E-state index is 0.0209. The quantitative estimate of drug-likeness (QED) is 0.678. The number of benzene rings is 1. The molecule has 1 N–H and O–H groups in total. The standard InChI is InChI=1S/C20H28N4O5S/c1-15-12-23(13-16(2)29-15)30(27,28)11-10-21-20(26)18-8-9-19(25)24(22-18)14-17-6-4-3-5-7-17/h3-7,15-16H,8-14H2,1-2H3,(H,21,26)/t15-,16-/m1/s1. The van der Waals surface area contributed by atoms with E-state index in [0.29, 0.717) is 13.1 Å². The van der Waals surface area contributed by atoms with Gasteiger partial charge < -0.3 is 10.1 Å². The number of hydrazone groups is 1. The van der Waals surface area contributed by atoms with Gasteiger partial charge in [-0.15, -0.1) is 0 Å². The Labute approximate surface area is 177 Å². The van der Waals surface area contributed by atoms with Crippen molar-refractivity contribution in [3.63, 3.8) is 0 Å². The van der Waals surface area contributed by atoms with Gasteiger partial charge in [-0.1, -0.05) is 30.3 Å². The maximum Gasteiger partial charge on any atom is 0.267 e. The van der Waals surface area contributed by atoms with Crippen molar-refractivity contribution in [2.24, 2.45) is 5.10 Å². The van der Waals surface area contributed by atoms with Crippen molar-refractivity contribution >= 4 is 27.5 Å². The average Bonchev–Trinajstić information content (AvgIpc) is 2.69. The number of hydrogen-bond donors (Lipinski definition) is 1. The lowest BCUT2D eigenvalue weighted by Crippen LogP contribution is -2.50. The molecule has 0 saturated carbocycles. The second-order valence-corrected chi connectivity index (χ2v) is 9.72. The molecular weight excluding hydrogens is 408 g/mol. The Morgan fingerprint density at radius 1 is 1.17 bits per heavy atom. The summed E-state index contributed by atoms with van der Waals surface area (Å²) in [4.78, 5) is 24.6. The molecule has 0 spiro atoms. The zero-order chi connectivity index (χ0) is 21.7. The molecule has 164 valence electrons. The van der Waals surface area contributed by atoms with Crippen LogP contribution in [0.1, 0.15) is 32.3 Å². The molecule has 1 aromatic rings. The van der Waals surface area contributed by atoms with Gasteiger partial charge in [-0.2, -0.15) is 9.41 Å². The Morgan fingerprint density at radius 2 is 1.83 bits per heavy atom. The first-order chi connectivity index (χ1) is 14.2. The van der Waals surface area contributed by atoms with E-state index in [2.05, 4.69) is 10.4 Å². The molecule has 30 heavy (non-hydrogen) atoms. The zero-order valence-electron chi connectivity index (χ0n) is 17.3. The normalized spacial score (nSPS) is 23.2. The number of sulfonamides is 1. The lowest BCUT2D eigenvalue weighted by atomic mass is 10.1. The fourth-order valence-electron chi connectivity index (χ4n) is 3.53. The molecule has 0 aromatic heterocycles. The van der Waals surface area contributed by atoms with Gasteiger partial charge in [0.25, 0.3) is 5.91 Å². The summed E-state index contributed by atoms with van der Waals surface area (Å²) >= 11 is 0. The highest BCUT2D eigenvalue weighted by Gasteiger charge is 2.31. The summed E-state index contributed by atoms with van der Waals surface area (Å²) in [6.07, 6.45) is 0.105. The fourth-order valence-corrected chi connectivity index (χ4v) is 5.02. The van der Waals surface area contributed by atoms with Gasteiger partial charge in [-0.3, -0.25) is 9.59 Å². The maximum atomic E-state index is 12.6. The van der Waals surface area contributed by atoms with E-state index in [-0.39, 0.29) is 55.5 Å². The largest absolute Gasteiger partial charge is 0.373 e. The van der Waals surface area contributed by atoms with Gasteiger partial charge in [-0.05, 0) is 19.4 Å². The number of nitrogens with zero attached hydrogens (tertiary/aromatic N) is 3. The molecule has 0 aliphatic carbocycles. The molecule has 2 aliphatic rings. The topological polar surface area (TPSA) is 108 Å². The first kappa shape index (κ1) is 22.4. The number of amides is 2. The van der Waals surface area contributed by atoms with Gasteiger partial charge in [-0.25, -0.2) is 13.4 Å². The van der Waals surface area contributed by atoms with E-state index in [9.17, 15) is 18.0 Å². The van der Waals surface area contributed by atoms with Crippen molar-refractivity contribution in [3.05, 3.63) is 35.9 Å². The number of nitrogens with one attached hydrogen (secondary N) is 1. The predicted molar refractivity (Wildman–Crippen MR) is 112 cm³/mol. The molecule has 1 saturated heterocycles. The van der Waals surface area contributed by atoms with Crippen LogP contribution >= 0.6 is 0 Å². The molecule has 0 radical (unpaired) electrons. The third-order valence-electron chi connectivity index (χ3n) is 4.97. The molecule has 10 heteroatoms. The highest BCUT2D eigenvalue weighted by molar-refractivity contribution is 7.89. The monoisotopic (exact) mass is 436 g/mol. The second-order valence-electron chi connectivity index (χ2n) is 7.63. The lowest BCUT2D eigenvalue weighted by Gasteiger charge is -2.34. The van der Waals surface area contributed by atoms with E-state index in [1.807, 2.05) is 44.2 Å². The van der Waals surface area contributed by atoms with Crippen LogP contribution in [0.25, 0.3) is 0 Å². The molecule has 1 aromatic carbocycles. The van der Waals surface area contributed by atoms with Gasteiger partial charge in [0.05, 0.1) is 24.5 Å². The highest BCUT2D eigenvalue weighted by Crippen LogP contribution is 2.15. The molecule has 2 heterocycles. The Bertz CT molecular complexity index is 893. The third-order valence-corrected chi connectivity index (χ3v) is 6.77. The van der Waals surface area contributed by atoms with E-state index in [1.165, 1.54) is 9.31 Å². The van der Waals surface area contributed by atoms with Crippen molar-refractivity contribution in [3.8, 4) is 0 Å². The maximum absolute atomic E-state index is 12.6. The van der Waals surface area contributed by atoms with Gasteiger partial charge in [0.15, 0.2) is 0 Å². The summed E-state index contributed by atoms with van der Waals surface area (Å²) in [5, 5.41) is 8.11. The molecule has 3 rings (SSSR count). The van der Waals surface area contributed by atoms with E-state index < -0.39 is 15.9 Å². The van der Waals surface area contributed by atoms with Crippen molar-refractivity contribution in [1.29, 1.82) is 0 Å². The van der Waals surface area contributed by atoms with Gasteiger partial charge in [0.1, 0.15) is 5.71 Å². The minimum Gasteiger partial charge on any atom is -0.373 e. The van der Waals surface area contributed by atoms with Crippen LogP contribution in [-0.4, -0.2) is 72.9 Å². The van der Waals surface area contributed by atoms with Crippen LogP contribution in [0.4, 0.5) is 0 Å².